The highest BCUT2D eigenvalue weighted by Crippen LogP contribution is 2.32. The van der Waals surface area contributed by atoms with Crippen molar-refractivity contribution in [3.05, 3.63) is 53.1 Å². The minimum absolute atomic E-state index is 0.113. The molecule has 1 heterocycles. The fraction of sp³-hybridized carbons (Fsp3) is 0.0625. The summed E-state index contributed by atoms with van der Waals surface area (Å²) in [5.41, 5.74) is 1.02. The van der Waals surface area contributed by atoms with Crippen molar-refractivity contribution in [2.75, 3.05) is 12.4 Å². The summed E-state index contributed by atoms with van der Waals surface area (Å²) < 4.78 is 47.0. The molecule has 0 aliphatic rings. The summed E-state index contributed by atoms with van der Waals surface area (Å²) in [5, 5.41) is 2.80. The SMILES string of the molecule is COc1ccc(S(=O)(=O)F)cc1Nc1ncc(-c2cccc(Br)c2)o1. The van der Waals surface area contributed by atoms with E-state index in [-0.39, 0.29) is 11.7 Å². The van der Waals surface area contributed by atoms with E-state index in [2.05, 4.69) is 26.2 Å². The monoisotopic (exact) mass is 426 g/mol. The van der Waals surface area contributed by atoms with E-state index in [0.29, 0.717) is 11.5 Å². The highest BCUT2D eigenvalue weighted by atomic mass is 79.9. The number of anilines is 2. The van der Waals surface area contributed by atoms with Gasteiger partial charge in [0.2, 0.25) is 0 Å². The fourth-order valence-corrected chi connectivity index (χ4v) is 3.05. The second-order valence-corrected chi connectivity index (χ2v) is 7.23. The Kier molecular flexibility index (Phi) is 4.78. The third-order valence-corrected chi connectivity index (χ3v) is 4.62. The topological polar surface area (TPSA) is 81.4 Å². The lowest BCUT2D eigenvalue weighted by atomic mass is 10.2. The lowest BCUT2D eigenvalue weighted by Crippen LogP contribution is -1.98. The van der Waals surface area contributed by atoms with Crippen LogP contribution >= 0.6 is 15.9 Å². The predicted molar refractivity (Wildman–Crippen MR) is 94.2 cm³/mol. The summed E-state index contributed by atoms with van der Waals surface area (Å²) in [6, 6.07) is 11.1. The molecule has 0 bridgehead atoms. The second kappa shape index (κ2) is 6.85. The number of methoxy groups -OCH3 is 1. The number of benzene rings is 2. The Hall–Kier alpha value is -2.39. The maximum absolute atomic E-state index is 13.2. The summed E-state index contributed by atoms with van der Waals surface area (Å²) in [7, 11) is -3.43. The van der Waals surface area contributed by atoms with Crippen LogP contribution in [0.2, 0.25) is 0 Å². The number of nitrogens with one attached hydrogen (secondary N) is 1. The van der Waals surface area contributed by atoms with Crippen LogP contribution in [-0.4, -0.2) is 20.5 Å². The number of oxazole rings is 1. The molecule has 3 aromatic rings. The van der Waals surface area contributed by atoms with Crippen molar-refractivity contribution >= 4 is 37.9 Å². The summed E-state index contributed by atoms with van der Waals surface area (Å²) in [6.45, 7) is 0. The molecule has 1 aromatic heterocycles. The van der Waals surface area contributed by atoms with Crippen LogP contribution in [0.15, 0.2) is 62.4 Å². The molecule has 9 heteroatoms. The second-order valence-electron chi connectivity index (χ2n) is 4.96. The van der Waals surface area contributed by atoms with Crippen LogP contribution in [0.1, 0.15) is 0 Å². The number of aromatic nitrogens is 1. The minimum atomic E-state index is -4.84. The number of halogens is 2. The van der Waals surface area contributed by atoms with Gasteiger partial charge in [-0.3, -0.25) is 0 Å². The summed E-state index contributed by atoms with van der Waals surface area (Å²) in [6.07, 6.45) is 1.52. The van der Waals surface area contributed by atoms with E-state index >= 15 is 0 Å². The lowest BCUT2D eigenvalue weighted by molar-refractivity contribution is 0.416. The highest BCUT2D eigenvalue weighted by Gasteiger charge is 2.16. The van der Waals surface area contributed by atoms with Crippen LogP contribution in [0, 0.1) is 0 Å². The molecule has 0 saturated heterocycles. The first-order chi connectivity index (χ1) is 11.9. The van der Waals surface area contributed by atoms with Crippen LogP contribution < -0.4 is 10.1 Å². The summed E-state index contributed by atoms with van der Waals surface area (Å²) in [4.78, 5) is 3.60. The smallest absolute Gasteiger partial charge is 0.332 e. The van der Waals surface area contributed by atoms with Gasteiger partial charge in [-0.2, -0.15) is 8.42 Å². The zero-order chi connectivity index (χ0) is 18.0. The van der Waals surface area contributed by atoms with E-state index in [9.17, 15) is 12.3 Å². The van der Waals surface area contributed by atoms with Crippen LogP contribution in [0.25, 0.3) is 11.3 Å². The maximum atomic E-state index is 13.2. The Labute approximate surface area is 152 Å². The standard InChI is InChI=1S/C16H12BrFN2O4S/c1-23-14-6-5-12(25(18,21)22)8-13(14)20-16-19-9-15(24-16)10-3-2-4-11(17)7-10/h2-9H,1H3,(H,19,20). The van der Waals surface area contributed by atoms with Crippen LogP contribution in [0.5, 0.6) is 5.75 Å². The van der Waals surface area contributed by atoms with E-state index in [1.165, 1.54) is 19.4 Å². The minimum Gasteiger partial charge on any atom is -0.495 e. The van der Waals surface area contributed by atoms with Gasteiger partial charge in [0.25, 0.3) is 6.01 Å². The van der Waals surface area contributed by atoms with Gasteiger partial charge < -0.3 is 14.5 Å². The molecule has 2 aromatic carbocycles. The van der Waals surface area contributed by atoms with Crippen molar-refractivity contribution in [3.8, 4) is 17.1 Å². The third-order valence-electron chi connectivity index (χ3n) is 3.31. The van der Waals surface area contributed by atoms with Crippen molar-refractivity contribution in [2.24, 2.45) is 0 Å². The first-order valence-corrected chi connectivity index (χ1v) is 9.16. The highest BCUT2D eigenvalue weighted by molar-refractivity contribution is 9.10. The molecular formula is C16H12BrFN2O4S. The molecule has 0 radical (unpaired) electrons. The molecular weight excluding hydrogens is 415 g/mol. The molecule has 0 atom stereocenters. The number of hydrogen-bond acceptors (Lipinski definition) is 6. The van der Waals surface area contributed by atoms with Gasteiger partial charge in [-0.1, -0.05) is 28.1 Å². The van der Waals surface area contributed by atoms with Crippen LogP contribution in [-0.2, 0) is 10.2 Å². The van der Waals surface area contributed by atoms with E-state index in [1.807, 2.05) is 24.3 Å². The average Bonchev–Trinajstić information content (AvgIpc) is 3.02. The molecule has 0 fully saturated rings. The molecule has 130 valence electrons. The Bertz CT molecular complexity index is 1020. The Balaban J connectivity index is 1.93. The van der Waals surface area contributed by atoms with E-state index in [1.54, 1.807) is 0 Å². The molecule has 0 unspecified atom stereocenters. The number of nitrogens with zero attached hydrogens (tertiary/aromatic N) is 1. The van der Waals surface area contributed by atoms with Crippen molar-refractivity contribution in [1.82, 2.24) is 4.98 Å². The third kappa shape index (κ3) is 3.99. The van der Waals surface area contributed by atoms with Gasteiger partial charge in [0, 0.05) is 10.0 Å². The summed E-state index contributed by atoms with van der Waals surface area (Å²) >= 11 is 3.38. The van der Waals surface area contributed by atoms with Gasteiger partial charge in [0.05, 0.1) is 19.0 Å². The Morgan fingerprint density at radius 2 is 2.04 bits per heavy atom. The molecule has 25 heavy (non-hydrogen) atoms. The normalized spacial score (nSPS) is 11.3. The Morgan fingerprint density at radius 3 is 2.72 bits per heavy atom. The zero-order valence-corrected chi connectivity index (χ0v) is 15.3. The molecule has 6 nitrogen and oxygen atoms in total. The lowest BCUT2D eigenvalue weighted by Gasteiger charge is -2.09. The average molecular weight is 427 g/mol. The quantitative estimate of drug-likeness (QED) is 0.604. The van der Waals surface area contributed by atoms with Crippen LogP contribution in [0.3, 0.4) is 0 Å². The molecule has 0 aliphatic heterocycles. The largest absolute Gasteiger partial charge is 0.495 e. The van der Waals surface area contributed by atoms with Crippen LogP contribution in [0.4, 0.5) is 15.6 Å². The molecule has 1 N–H and O–H groups in total. The number of rotatable bonds is 5. The molecule has 0 amide bonds. The Morgan fingerprint density at radius 1 is 1.24 bits per heavy atom. The number of ether oxygens (including phenoxy) is 1. The van der Waals surface area contributed by atoms with E-state index in [4.69, 9.17) is 9.15 Å². The first kappa shape index (κ1) is 17.4. The maximum Gasteiger partial charge on any atom is 0.332 e. The van der Waals surface area contributed by atoms with Crippen molar-refractivity contribution in [1.29, 1.82) is 0 Å². The van der Waals surface area contributed by atoms with Crippen molar-refractivity contribution in [3.63, 3.8) is 0 Å². The first-order valence-electron chi connectivity index (χ1n) is 6.98. The fourth-order valence-electron chi connectivity index (χ4n) is 2.16. The molecule has 0 aliphatic carbocycles. The van der Waals surface area contributed by atoms with Gasteiger partial charge in [0.1, 0.15) is 10.6 Å². The van der Waals surface area contributed by atoms with Gasteiger partial charge in [0.15, 0.2) is 5.76 Å². The van der Waals surface area contributed by atoms with Crippen molar-refractivity contribution in [2.45, 2.75) is 4.90 Å². The molecule has 0 saturated carbocycles. The molecule has 0 spiro atoms. The van der Waals surface area contributed by atoms with Gasteiger partial charge >= 0.3 is 10.2 Å². The number of hydrogen-bond donors (Lipinski definition) is 1. The summed E-state index contributed by atoms with van der Waals surface area (Å²) in [5.74, 6) is 0.826. The van der Waals surface area contributed by atoms with Crippen molar-refractivity contribution < 1.29 is 21.5 Å². The van der Waals surface area contributed by atoms with Gasteiger partial charge in [-0.25, -0.2) is 4.98 Å². The molecule has 3 rings (SSSR count). The van der Waals surface area contributed by atoms with Gasteiger partial charge in [-0.05, 0) is 30.3 Å². The van der Waals surface area contributed by atoms with E-state index in [0.717, 1.165) is 22.2 Å². The predicted octanol–water partition coefficient (Wildman–Crippen LogP) is 4.51. The van der Waals surface area contributed by atoms with E-state index < -0.39 is 15.1 Å². The zero-order valence-electron chi connectivity index (χ0n) is 12.9. The van der Waals surface area contributed by atoms with Gasteiger partial charge in [-0.15, -0.1) is 3.89 Å².